The van der Waals surface area contributed by atoms with E-state index in [0.29, 0.717) is 24.3 Å². The first-order valence-electron chi connectivity index (χ1n) is 8.58. The molecule has 0 radical (unpaired) electrons. The molecule has 1 aromatic carbocycles. The van der Waals surface area contributed by atoms with E-state index in [4.69, 9.17) is 4.74 Å². The minimum Gasteiger partial charge on any atom is -0.375 e. The van der Waals surface area contributed by atoms with Crippen molar-refractivity contribution in [3.8, 4) is 5.82 Å². The Labute approximate surface area is 152 Å². The molecule has 1 amide bonds. The van der Waals surface area contributed by atoms with Crippen LogP contribution >= 0.6 is 0 Å². The van der Waals surface area contributed by atoms with E-state index < -0.39 is 0 Å². The van der Waals surface area contributed by atoms with Gasteiger partial charge in [-0.2, -0.15) is 5.10 Å². The SMILES string of the molecule is CCc1c(C(=O)NCC(OC)c2ccccc2)cnn1-c1ccccn1. The normalized spacial score (nSPS) is 11.9. The second kappa shape index (κ2) is 8.40. The Balaban J connectivity index is 1.75. The molecule has 0 aliphatic carbocycles. The summed E-state index contributed by atoms with van der Waals surface area (Å²) >= 11 is 0. The summed E-state index contributed by atoms with van der Waals surface area (Å²) in [6, 6.07) is 15.4. The van der Waals surface area contributed by atoms with Gasteiger partial charge in [0.2, 0.25) is 0 Å². The first-order valence-corrected chi connectivity index (χ1v) is 8.58. The van der Waals surface area contributed by atoms with E-state index in [2.05, 4.69) is 15.4 Å². The Morgan fingerprint density at radius 3 is 2.62 bits per heavy atom. The lowest BCUT2D eigenvalue weighted by molar-refractivity contribution is 0.0827. The highest BCUT2D eigenvalue weighted by Crippen LogP contribution is 2.17. The van der Waals surface area contributed by atoms with E-state index >= 15 is 0 Å². The van der Waals surface area contributed by atoms with Crippen molar-refractivity contribution in [3.63, 3.8) is 0 Å². The van der Waals surface area contributed by atoms with Crippen molar-refractivity contribution in [1.29, 1.82) is 0 Å². The Kier molecular flexibility index (Phi) is 5.76. The second-order valence-electron chi connectivity index (χ2n) is 5.80. The van der Waals surface area contributed by atoms with E-state index in [9.17, 15) is 4.79 Å². The van der Waals surface area contributed by atoms with Crippen molar-refractivity contribution < 1.29 is 9.53 Å². The molecule has 2 heterocycles. The lowest BCUT2D eigenvalue weighted by Crippen LogP contribution is -2.29. The molecule has 6 heteroatoms. The van der Waals surface area contributed by atoms with Crippen LogP contribution in [0.1, 0.15) is 34.6 Å². The van der Waals surface area contributed by atoms with E-state index in [1.165, 1.54) is 0 Å². The second-order valence-corrected chi connectivity index (χ2v) is 5.80. The van der Waals surface area contributed by atoms with Gasteiger partial charge in [0, 0.05) is 19.9 Å². The van der Waals surface area contributed by atoms with Crippen molar-refractivity contribution in [2.24, 2.45) is 0 Å². The molecule has 1 N–H and O–H groups in total. The molecule has 134 valence electrons. The average molecular weight is 350 g/mol. The number of nitrogens with one attached hydrogen (secondary N) is 1. The third kappa shape index (κ3) is 3.81. The number of aromatic nitrogens is 3. The van der Waals surface area contributed by atoms with Crippen molar-refractivity contribution in [2.45, 2.75) is 19.4 Å². The molecule has 26 heavy (non-hydrogen) atoms. The lowest BCUT2D eigenvalue weighted by atomic mass is 10.1. The molecule has 0 aliphatic heterocycles. The van der Waals surface area contributed by atoms with Crippen LogP contribution in [0.4, 0.5) is 0 Å². The lowest BCUT2D eigenvalue weighted by Gasteiger charge is -2.16. The van der Waals surface area contributed by atoms with Crippen LogP contribution < -0.4 is 5.32 Å². The molecule has 3 rings (SSSR count). The highest BCUT2D eigenvalue weighted by molar-refractivity contribution is 5.95. The molecule has 0 saturated heterocycles. The predicted molar refractivity (Wildman–Crippen MR) is 99.3 cm³/mol. The van der Waals surface area contributed by atoms with Gasteiger partial charge in [-0.25, -0.2) is 9.67 Å². The number of hydrogen-bond acceptors (Lipinski definition) is 4. The number of carbonyl (C=O) groups excluding carboxylic acids is 1. The minimum absolute atomic E-state index is 0.165. The predicted octanol–water partition coefficient (Wildman–Crippen LogP) is 2.95. The summed E-state index contributed by atoms with van der Waals surface area (Å²) in [4.78, 5) is 17.0. The molecule has 0 saturated carbocycles. The number of rotatable bonds is 7. The van der Waals surface area contributed by atoms with E-state index in [1.807, 2.05) is 55.5 Å². The third-order valence-electron chi connectivity index (χ3n) is 4.22. The molecule has 0 aliphatic rings. The Hall–Kier alpha value is -2.99. The standard InChI is InChI=1S/C20H22N4O2/c1-3-17-16(13-23-24(17)19-11-7-8-12-21-19)20(25)22-14-18(26-2)15-9-5-4-6-10-15/h4-13,18H,3,14H2,1-2H3,(H,22,25). The van der Waals surface area contributed by atoms with Crippen molar-refractivity contribution in [1.82, 2.24) is 20.1 Å². The van der Waals surface area contributed by atoms with Crippen LogP contribution in [0.15, 0.2) is 60.9 Å². The van der Waals surface area contributed by atoms with Gasteiger partial charge < -0.3 is 10.1 Å². The molecule has 0 spiro atoms. The fraction of sp³-hybridized carbons (Fsp3) is 0.250. The van der Waals surface area contributed by atoms with Crippen molar-refractivity contribution in [2.75, 3.05) is 13.7 Å². The molecule has 0 fully saturated rings. The number of methoxy groups -OCH3 is 1. The quantitative estimate of drug-likeness (QED) is 0.711. The Morgan fingerprint density at radius 1 is 1.19 bits per heavy atom. The zero-order valence-corrected chi connectivity index (χ0v) is 14.9. The van der Waals surface area contributed by atoms with Crippen LogP contribution in [0.2, 0.25) is 0 Å². The third-order valence-corrected chi connectivity index (χ3v) is 4.22. The first kappa shape index (κ1) is 17.8. The highest BCUT2D eigenvalue weighted by Gasteiger charge is 2.19. The monoisotopic (exact) mass is 350 g/mol. The van der Waals surface area contributed by atoms with E-state index in [0.717, 1.165) is 11.3 Å². The van der Waals surface area contributed by atoms with Crippen LogP contribution in [0.5, 0.6) is 0 Å². The average Bonchev–Trinajstić information content (AvgIpc) is 3.14. The van der Waals surface area contributed by atoms with Gasteiger partial charge in [0.15, 0.2) is 5.82 Å². The summed E-state index contributed by atoms with van der Waals surface area (Å²) < 4.78 is 7.22. The molecule has 0 bridgehead atoms. The summed E-state index contributed by atoms with van der Waals surface area (Å²) in [6.07, 6.45) is 3.77. The summed E-state index contributed by atoms with van der Waals surface area (Å²) in [6.45, 7) is 2.38. The number of carbonyl (C=O) groups is 1. The van der Waals surface area contributed by atoms with Crippen LogP contribution in [0, 0.1) is 0 Å². The van der Waals surface area contributed by atoms with Gasteiger partial charge in [-0.3, -0.25) is 4.79 Å². The van der Waals surface area contributed by atoms with Crippen molar-refractivity contribution >= 4 is 5.91 Å². The molecule has 3 aromatic rings. The van der Waals surface area contributed by atoms with Crippen LogP contribution in [0.3, 0.4) is 0 Å². The fourth-order valence-electron chi connectivity index (χ4n) is 2.87. The first-order chi connectivity index (χ1) is 12.7. The smallest absolute Gasteiger partial charge is 0.254 e. The molecular formula is C20H22N4O2. The summed E-state index contributed by atoms with van der Waals surface area (Å²) in [5, 5.41) is 7.30. The number of nitrogens with zero attached hydrogens (tertiary/aromatic N) is 3. The Morgan fingerprint density at radius 2 is 1.96 bits per heavy atom. The van der Waals surface area contributed by atoms with E-state index in [-0.39, 0.29) is 12.0 Å². The molecule has 2 aromatic heterocycles. The van der Waals surface area contributed by atoms with Crippen LogP contribution in [-0.2, 0) is 11.2 Å². The van der Waals surface area contributed by atoms with Gasteiger partial charge in [-0.15, -0.1) is 0 Å². The number of amides is 1. The molecule has 1 atom stereocenters. The maximum Gasteiger partial charge on any atom is 0.254 e. The highest BCUT2D eigenvalue weighted by atomic mass is 16.5. The Bertz CT molecular complexity index is 847. The minimum atomic E-state index is -0.198. The fourth-order valence-corrected chi connectivity index (χ4v) is 2.87. The van der Waals surface area contributed by atoms with Gasteiger partial charge in [-0.1, -0.05) is 43.3 Å². The van der Waals surface area contributed by atoms with Crippen molar-refractivity contribution in [3.05, 3.63) is 77.7 Å². The number of hydrogen-bond donors (Lipinski definition) is 1. The van der Waals surface area contributed by atoms with Crippen LogP contribution in [0.25, 0.3) is 5.82 Å². The maximum absolute atomic E-state index is 12.7. The molecular weight excluding hydrogens is 328 g/mol. The summed E-state index contributed by atoms with van der Waals surface area (Å²) in [5.41, 5.74) is 2.41. The topological polar surface area (TPSA) is 69.0 Å². The van der Waals surface area contributed by atoms with Gasteiger partial charge in [0.05, 0.1) is 23.6 Å². The molecule has 6 nitrogen and oxygen atoms in total. The molecule has 1 unspecified atom stereocenters. The number of pyridine rings is 1. The van der Waals surface area contributed by atoms with Crippen LogP contribution in [-0.4, -0.2) is 34.3 Å². The number of benzene rings is 1. The van der Waals surface area contributed by atoms with Gasteiger partial charge in [0.1, 0.15) is 0 Å². The van der Waals surface area contributed by atoms with Gasteiger partial charge >= 0.3 is 0 Å². The van der Waals surface area contributed by atoms with E-state index in [1.54, 1.807) is 24.2 Å². The van der Waals surface area contributed by atoms with Gasteiger partial charge in [0.25, 0.3) is 5.91 Å². The van der Waals surface area contributed by atoms with Gasteiger partial charge in [-0.05, 0) is 24.1 Å². The summed E-state index contributed by atoms with van der Waals surface area (Å²) in [5.74, 6) is 0.532. The zero-order chi connectivity index (χ0) is 18.4. The largest absolute Gasteiger partial charge is 0.375 e. The maximum atomic E-state index is 12.7. The number of ether oxygens (including phenoxy) is 1. The summed E-state index contributed by atoms with van der Waals surface area (Å²) in [7, 11) is 1.64. The zero-order valence-electron chi connectivity index (χ0n) is 14.9.